The molecule has 1 fully saturated rings. The van der Waals surface area contributed by atoms with Crippen molar-refractivity contribution in [2.75, 3.05) is 24.5 Å². The monoisotopic (exact) mass is 393 g/mol. The molecule has 6 nitrogen and oxygen atoms in total. The second-order valence-corrected chi connectivity index (χ2v) is 9.29. The van der Waals surface area contributed by atoms with E-state index in [4.69, 9.17) is 4.98 Å². The molecule has 154 valence electrons. The molecule has 3 heterocycles. The minimum atomic E-state index is -0.479. The molecular weight excluding hydrogens is 362 g/mol. The van der Waals surface area contributed by atoms with Crippen LogP contribution in [0, 0.1) is 0 Å². The summed E-state index contributed by atoms with van der Waals surface area (Å²) in [5, 5.41) is 17.7. The number of nitrogens with zero attached hydrogens (tertiary/aromatic N) is 3. The zero-order chi connectivity index (χ0) is 20.2. The van der Waals surface area contributed by atoms with Crippen LogP contribution in [-0.4, -0.2) is 40.8 Å². The summed E-state index contributed by atoms with van der Waals surface area (Å²) >= 11 is 0. The maximum Gasteiger partial charge on any atom is 0.140 e. The Labute approximate surface area is 172 Å². The lowest BCUT2D eigenvalue weighted by Crippen LogP contribution is -2.35. The minimum absolute atomic E-state index is 0.114. The molecule has 0 bridgehead atoms. The number of benzene rings is 1. The van der Waals surface area contributed by atoms with E-state index in [1.807, 2.05) is 0 Å². The van der Waals surface area contributed by atoms with Crippen LogP contribution in [0.3, 0.4) is 0 Å². The number of hydrogen-bond donors (Lipinski definition) is 3. The normalized spacial score (nSPS) is 27.8. The van der Waals surface area contributed by atoms with E-state index in [-0.39, 0.29) is 11.3 Å². The predicted octanol–water partition coefficient (Wildman–Crippen LogP) is 2.90. The smallest absolute Gasteiger partial charge is 0.140 e. The third kappa shape index (κ3) is 2.97. The summed E-state index contributed by atoms with van der Waals surface area (Å²) in [7, 11) is 0. The van der Waals surface area contributed by atoms with Gasteiger partial charge < -0.3 is 20.6 Å². The van der Waals surface area contributed by atoms with Gasteiger partial charge in [0.1, 0.15) is 12.1 Å². The van der Waals surface area contributed by atoms with Crippen LogP contribution in [0.5, 0.6) is 0 Å². The molecule has 3 aliphatic rings. The van der Waals surface area contributed by atoms with E-state index in [1.165, 1.54) is 16.8 Å². The molecule has 2 aliphatic heterocycles. The number of anilines is 2. The van der Waals surface area contributed by atoms with Crippen molar-refractivity contribution in [1.82, 2.24) is 20.6 Å². The molecule has 3 N–H and O–H groups in total. The second kappa shape index (κ2) is 7.04. The summed E-state index contributed by atoms with van der Waals surface area (Å²) in [6.07, 6.45) is 3.01. The quantitative estimate of drug-likeness (QED) is 0.742. The Kier molecular flexibility index (Phi) is 4.61. The predicted molar refractivity (Wildman–Crippen MR) is 115 cm³/mol. The number of fused-ring (bicyclic) bond motifs is 3. The SMILES string of the molecule is CC(C)NCc1cccc2c1[C@@]1(CCNC1)CN2c1ncnc2c1[C@H](C)C[C@H]2O. The van der Waals surface area contributed by atoms with Crippen LogP contribution in [0.1, 0.15) is 68.0 Å². The highest BCUT2D eigenvalue weighted by molar-refractivity contribution is 5.75. The van der Waals surface area contributed by atoms with E-state index in [0.717, 1.165) is 56.1 Å². The van der Waals surface area contributed by atoms with E-state index in [1.54, 1.807) is 6.33 Å². The van der Waals surface area contributed by atoms with Crippen LogP contribution in [0.15, 0.2) is 24.5 Å². The van der Waals surface area contributed by atoms with Crippen molar-refractivity contribution < 1.29 is 5.11 Å². The molecule has 1 aromatic carbocycles. The fourth-order valence-corrected chi connectivity index (χ4v) is 5.55. The molecule has 0 saturated carbocycles. The molecule has 1 spiro atoms. The zero-order valence-corrected chi connectivity index (χ0v) is 17.6. The molecule has 1 aromatic heterocycles. The van der Waals surface area contributed by atoms with Crippen molar-refractivity contribution >= 4 is 11.5 Å². The standard InChI is InChI=1S/C23H31N5O/c1-14(2)25-10-16-5-4-6-17-20(16)23(7-8-24-11-23)12-28(17)22-19-15(3)9-18(29)21(19)26-13-27-22/h4-6,13-15,18,24-25,29H,7-12H2,1-3H3/t15-,18-,23-/m1/s1. The molecule has 29 heavy (non-hydrogen) atoms. The van der Waals surface area contributed by atoms with E-state index >= 15 is 0 Å². The lowest BCUT2D eigenvalue weighted by atomic mass is 9.79. The topological polar surface area (TPSA) is 73.3 Å². The Balaban J connectivity index is 1.64. The van der Waals surface area contributed by atoms with Gasteiger partial charge in [-0.15, -0.1) is 0 Å². The summed E-state index contributed by atoms with van der Waals surface area (Å²) in [6, 6.07) is 7.14. The first-order valence-corrected chi connectivity index (χ1v) is 10.9. The molecule has 1 aliphatic carbocycles. The third-order valence-corrected chi connectivity index (χ3v) is 6.89. The Morgan fingerprint density at radius 3 is 2.97 bits per heavy atom. The van der Waals surface area contributed by atoms with Crippen molar-refractivity contribution in [3.8, 4) is 0 Å². The van der Waals surface area contributed by atoms with Crippen molar-refractivity contribution in [2.24, 2.45) is 0 Å². The Morgan fingerprint density at radius 2 is 2.21 bits per heavy atom. The van der Waals surface area contributed by atoms with Crippen molar-refractivity contribution in [2.45, 2.75) is 63.6 Å². The fourth-order valence-electron chi connectivity index (χ4n) is 5.55. The molecule has 3 atom stereocenters. The summed E-state index contributed by atoms with van der Waals surface area (Å²) in [5.41, 5.74) is 6.18. The van der Waals surface area contributed by atoms with Gasteiger partial charge in [-0.3, -0.25) is 0 Å². The van der Waals surface area contributed by atoms with Crippen molar-refractivity contribution in [3.05, 3.63) is 46.9 Å². The maximum absolute atomic E-state index is 10.5. The van der Waals surface area contributed by atoms with Crippen molar-refractivity contribution in [3.63, 3.8) is 0 Å². The van der Waals surface area contributed by atoms with E-state index in [2.05, 4.69) is 59.5 Å². The Bertz CT molecular complexity index is 921. The first-order valence-electron chi connectivity index (χ1n) is 10.9. The molecule has 1 saturated heterocycles. The zero-order valence-electron chi connectivity index (χ0n) is 17.6. The lowest BCUT2D eigenvalue weighted by Gasteiger charge is -2.27. The highest BCUT2D eigenvalue weighted by Crippen LogP contribution is 2.51. The van der Waals surface area contributed by atoms with Gasteiger partial charge in [-0.25, -0.2) is 9.97 Å². The first kappa shape index (κ1) is 19.0. The van der Waals surface area contributed by atoms with Crippen LogP contribution in [0.4, 0.5) is 11.5 Å². The average Bonchev–Trinajstić information content (AvgIpc) is 3.39. The number of nitrogens with one attached hydrogen (secondary N) is 2. The highest BCUT2D eigenvalue weighted by Gasteiger charge is 2.48. The third-order valence-electron chi connectivity index (χ3n) is 6.89. The number of rotatable bonds is 4. The number of aliphatic hydroxyl groups is 1. The molecule has 0 amide bonds. The molecule has 6 heteroatoms. The molecule has 5 rings (SSSR count). The van der Waals surface area contributed by atoms with Crippen molar-refractivity contribution in [1.29, 1.82) is 0 Å². The summed E-state index contributed by atoms with van der Waals surface area (Å²) in [5.74, 6) is 1.25. The van der Waals surface area contributed by atoms with Crippen LogP contribution in [-0.2, 0) is 12.0 Å². The van der Waals surface area contributed by atoms with Gasteiger partial charge in [0.05, 0.1) is 11.8 Å². The van der Waals surface area contributed by atoms with Gasteiger partial charge in [-0.2, -0.15) is 0 Å². The van der Waals surface area contributed by atoms with Gasteiger partial charge in [-0.05, 0) is 42.5 Å². The average molecular weight is 394 g/mol. The van der Waals surface area contributed by atoms with Gasteiger partial charge in [-0.1, -0.05) is 32.9 Å². The second-order valence-electron chi connectivity index (χ2n) is 9.29. The number of aromatic nitrogens is 2. The maximum atomic E-state index is 10.5. The van der Waals surface area contributed by atoms with Gasteiger partial charge >= 0.3 is 0 Å². The number of aliphatic hydroxyl groups excluding tert-OH is 1. The van der Waals surface area contributed by atoms with Gasteiger partial charge in [0.2, 0.25) is 0 Å². The molecule has 0 radical (unpaired) electrons. The highest BCUT2D eigenvalue weighted by atomic mass is 16.3. The van der Waals surface area contributed by atoms with Crippen LogP contribution in [0.25, 0.3) is 0 Å². The summed E-state index contributed by atoms with van der Waals surface area (Å²) < 4.78 is 0. The Hall–Kier alpha value is -2.02. The van der Waals surface area contributed by atoms with Crippen LogP contribution < -0.4 is 15.5 Å². The fraction of sp³-hybridized carbons (Fsp3) is 0.565. The first-order chi connectivity index (χ1) is 14.0. The van der Waals surface area contributed by atoms with E-state index in [9.17, 15) is 5.11 Å². The van der Waals surface area contributed by atoms with E-state index < -0.39 is 6.10 Å². The number of hydrogen-bond acceptors (Lipinski definition) is 6. The Morgan fingerprint density at radius 1 is 1.34 bits per heavy atom. The summed E-state index contributed by atoms with van der Waals surface area (Å²) in [6.45, 7) is 10.4. The van der Waals surface area contributed by atoms with Crippen LogP contribution in [0.2, 0.25) is 0 Å². The largest absolute Gasteiger partial charge is 0.387 e. The molecule has 0 unspecified atom stereocenters. The van der Waals surface area contributed by atoms with Gasteiger partial charge in [0.15, 0.2) is 0 Å². The van der Waals surface area contributed by atoms with Gasteiger partial charge in [0.25, 0.3) is 0 Å². The van der Waals surface area contributed by atoms with Gasteiger partial charge in [0, 0.05) is 42.3 Å². The molecular formula is C23H31N5O. The minimum Gasteiger partial charge on any atom is -0.387 e. The van der Waals surface area contributed by atoms with Crippen LogP contribution >= 0.6 is 0 Å². The van der Waals surface area contributed by atoms with E-state index in [0.29, 0.717) is 6.04 Å². The lowest BCUT2D eigenvalue weighted by molar-refractivity contribution is 0.170. The molecule has 2 aromatic rings. The summed E-state index contributed by atoms with van der Waals surface area (Å²) in [4.78, 5) is 11.6.